The molecule has 1 aliphatic heterocycles. The molecule has 1 saturated heterocycles. The van der Waals surface area contributed by atoms with Gasteiger partial charge in [-0.25, -0.2) is 4.79 Å². The molecule has 1 aromatic heterocycles. The summed E-state index contributed by atoms with van der Waals surface area (Å²) in [7, 11) is 0. The monoisotopic (exact) mass is 314 g/mol. The number of para-hydroxylation sites is 1. The maximum Gasteiger partial charge on any atom is 0.329 e. The average Bonchev–Trinajstić information content (AvgIpc) is 3.10. The molecule has 122 valence electrons. The summed E-state index contributed by atoms with van der Waals surface area (Å²) in [5.74, 6) is -0.986. The van der Waals surface area contributed by atoms with Gasteiger partial charge >= 0.3 is 5.97 Å². The number of likely N-dealkylation sites (tertiary alicyclic amines) is 1. The summed E-state index contributed by atoms with van der Waals surface area (Å²) in [6, 6.07) is 6.12. The number of hydrogen-bond donors (Lipinski definition) is 2. The van der Waals surface area contributed by atoms with Gasteiger partial charge in [0.05, 0.1) is 0 Å². The van der Waals surface area contributed by atoms with Crippen LogP contribution < -0.4 is 0 Å². The van der Waals surface area contributed by atoms with Gasteiger partial charge < -0.3 is 15.0 Å². The van der Waals surface area contributed by atoms with Crippen LogP contribution in [0.15, 0.2) is 24.4 Å². The Morgan fingerprint density at radius 3 is 2.91 bits per heavy atom. The molecule has 2 N–H and O–H groups in total. The third-order valence-electron chi connectivity index (χ3n) is 5.02. The zero-order chi connectivity index (χ0) is 16.6. The smallest absolute Gasteiger partial charge is 0.329 e. The second-order valence-electron chi connectivity index (χ2n) is 6.54. The molecule has 3 rings (SSSR count). The summed E-state index contributed by atoms with van der Waals surface area (Å²) in [4.78, 5) is 28.8. The maximum atomic E-state index is 12.5. The zero-order valence-corrected chi connectivity index (χ0v) is 13.6. The lowest BCUT2D eigenvalue weighted by Crippen LogP contribution is -2.50. The highest BCUT2D eigenvalue weighted by atomic mass is 16.4. The van der Waals surface area contributed by atoms with Crippen LogP contribution in [0, 0.1) is 6.92 Å². The quantitative estimate of drug-likeness (QED) is 0.911. The lowest BCUT2D eigenvalue weighted by molar-refractivity contribution is -0.155. The second kappa shape index (κ2) is 5.72. The lowest BCUT2D eigenvalue weighted by atomic mass is 9.98. The van der Waals surface area contributed by atoms with Gasteiger partial charge in [0.2, 0.25) is 5.91 Å². The Balaban J connectivity index is 1.74. The number of carbonyl (C=O) groups excluding carboxylic acids is 1. The third kappa shape index (κ3) is 2.60. The van der Waals surface area contributed by atoms with Gasteiger partial charge in [0, 0.05) is 30.1 Å². The number of aryl methyl sites for hydroxylation is 2. The van der Waals surface area contributed by atoms with E-state index < -0.39 is 11.5 Å². The number of benzene rings is 1. The molecule has 0 radical (unpaired) electrons. The van der Waals surface area contributed by atoms with Crippen LogP contribution in [-0.4, -0.2) is 39.0 Å². The molecule has 0 saturated carbocycles. The lowest BCUT2D eigenvalue weighted by Gasteiger charge is -2.31. The number of aliphatic carboxylic acids is 1. The van der Waals surface area contributed by atoms with Gasteiger partial charge in [-0.15, -0.1) is 0 Å². The van der Waals surface area contributed by atoms with Crippen molar-refractivity contribution in [2.45, 2.75) is 45.1 Å². The van der Waals surface area contributed by atoms with E-state index in [9.17, 15) is 14.7 Å². The molecule has 2 heterocycles. The number of hydrogen-bond acceptors (Lipinski definition) is 2. The summed E-state index contributed by atoms with van der Waals surface area (Å²) >= 11 is 0. The molecule has 1 aliphatic rings. The van der Waals surface area contributed by atoms with E-state index in [1.807, 2.05) is 12.3 Å². The molecule has 1 aromatic carbocycles. The topological polar surface area (TPSA) is 73.4 Å². The van der Waals surface area contributed by atoms with E-state index in [1.165, 1.54) is 10.5 Å². The number of rotatable bonds is 4. The van der Waals surface area contributed by atoms with Crippen molar-refractivity contribution in [2.75, 3.05) is 6.54 Å². The normalized spacial score (nSPS) is 21.0. The number of H-pyrrole nitrogens is 1. The van der Waals surface area contributed by atoms with Gasteiger partial charge in [0.15, 0.2) is 0 Å². The summed E-state index contributed by atoms with van der Waals surface area (Å²) in [5.41, 5.74) is 2.34. The third-order valence-corrected chi connectivity index (χ3v) is 5.02. The average molecular weight is 314 g/mol. The second-order valence-corrected chi connectivity index (χ2v) is 6.54. The first-order valence-corrected chi connectivity index (χ1v) is 8.03. The number of fused-ring (bicyclic) bond motifs is 1. The summed E-state index contributed by atoms with van der Waals surface area (Å²) in [5, 5.41) is 10.6. The Morgan fingerprint density at radius 2 is 2.17 bits per heavy atom. The summed E-state index contributed by atoms with van der Waals surface area (Å²) in [6.07, 6.45) is 4.19. The molecule has 5 nitrogen and oxygen atoms in total. The van der Waals surface area contributed by atoms with Crippen molar-refractivity contribution in [1.29, 1.82) is 0 Å². The largest absolute Gasteiger partial charge is 0.480 e. The highest BCUT2D eigenvalue weighted by molar-refractivity contribution is 5.89. The number of aromatic nitrogens is 1. The van der Waals surface area contributed by atoms with Gasteiger partial charge in [-0.1, -0.05) is 18.2 Å². The van der Waals surface area contributed by atoms with Gasteiger partial charge in [0.1, 0.15) is 5.54 Å². The SMILES string of the molecule is Cc1cccc2c(CCC(=O)N3CCCC3(C)C(=O)O)c[nH]c12. The Bertz CT molecular complexity index is 765. The van der Waals surface area contributed by atoms with Crippen LogP contribution in [-0.2, 0) is 16.0 Å². The summed E-state index contributed by atoms with van der Waals surface area (Å²) in [6.45, 7) is 4.24. The van der Waals surface area contributed by atoms with Crippen molar-refractivity contribution in [3.8, 4) is 0 Å². The number of carboxylic acids is 1. The Hall–Kier alpha value is -2.30. The van der Waals surface area contributed by atoms with E-state index in [-0.39, 0.29) is 5.91 Å². The predicted molar refractivity (Wildman–Crippen MR) is 88.3 cm³/mol. The number of nitrogens with zero attached hydrogens (tertiary/aromatic N) is 1. The minimum atomic E-state index is -1.05. The molecule has 5 heteroatoms. The Kier molecular flexibility index (Phi) is 3.88. The van der Waals surface area contributed by atoms with Gasteiger partial charge in [0.25, 0.3) is 0 Å². The van der Waals surface area contributed by atoms with E-state index in [0.29, 0.717) is 25.8 Å². The van der Waals surface area contributed by atoms with Crippen molar-refractivity contribution in [2.24, 2.45) is 0 Å². The number of carbonyl (C=O) groups is 2. The van der Waals surface area contributed by atoms with Crippen molar-refractivity contribution < 1.29 is 14.7 Å². The van der Waals surface area contributed by atoms with Gasteiger partial charge in [-0.2, -0.15) is 0 Å². The first-order chi connectivity index (χ1) is 10.9. The standard InChI is InChI=1S/C18H22N2O3/c1-12-5-3-6-14-13(11-19-16(12)14)7-8-15(21)20-10-4-9-18(20,2)17(22)23/h3,5-6,11,19H,4,7-10H2,1-2H3,(H,22,23). The van der Waals surface area contributed by atoms with Crippen LogP contribution in [0.25, 0.3) is 10.9 Å². The van der Waals surface area contributed by atoms with Crippen molar-refractivity contribution in [3.05, 3.63) is 35.5 Å². The molecule has 1 atom stereocenters. The molecule has 1 fully saturated rings. The molecule has 0 bridgehead atoms. The summed E-state index contributed by atoms with van der Waals surface area (Å²) < 4.78 is 0. The van der Waals surface area contributed by atoms with Crippen LogP contribution in [0.2, 0.25) is 0 Å². The zero-order valence-electron chi connectivity index (χ0n) is 13.6. The van der Waals surface area contributed by atoms with E-state index in [1.54, 1.807) is 6.92 Å². The van der Waals surface area contributed by atoms with Crippen molar-refractivity contribution in [3.63, 3.8) is 0 Å². The molecule has 1 unspecified atom stereocenters. The first kappa shape index (κ1) is 15.6. The van der Waals surface area contributed by atoms with E-state index in [4.69, 9.17) is 0 Å². The van der Waals surface area contributed by atoms with E-state index in [0.717, 1.165) is 22.9 Å². The highest BCUT2D eigenvalue weighted by Crippen LogP contribution is 2.30. The molecule has 23 heavy (non-hydrogen) atoms. The first-order valence-electron chi connectivity index (χ1n) is 8.03. The highest BCUT2D eigenvalue weighted by Gasteiger charge is 2.45. The Labute approximate surface area is 135 Å². The molecule has 0 aliphatic carbocycles. The van der Waals surface area contributed by atoms with Crippen LogP contribution in [0.4, 0.5) is 0 Å². The Morgan fingerprint density at radius 1 is 1.39 bits per heavy atom. The van der Waals surface area contributed by atoms with Crippen molar-refractivity contribution in [1.82, 2.24) is 9.88 Å². The van der Waals surface area contributed by atoms with Crippen LogP contribution in [0.1, 0.15) is 37.3 Å². The number of aromatic amines is 1. The molecule has 2 aromatic rings. The predicted octanol–water partition coefficient (Wildman–Crippen LogP) is 2.87. The fraction of sp³-hybridized carbons (Fsp3) is 0.444. The number of amides is 1. The van der Waals surface area contributed by atoms with Crippen LogP contribution in [0.5, 0.6) is 0 Å². The van der Waals surface area contributed by atoms with Crippen LogP contribution >= 0.6 is 0 Å². The molecular weight excluding hydrogens is 292 g/mol. The van der Waals surface area contributed by atoms with Gasteiger partial charge in [-0.3, -0.25) is 4.79 Å². The molecule has 1 amide bonds. The fourth-order valence-corrected chi connectivity index (χ4v) is 3.53. The van der Waals surface area contributed by atoms with Gasteiger partial charge in [-0.05, 0) is 44.2 Å². The number of nitrogens with one attached hydrogen (secondary N) is 1. The number of carboxylic acid groups (broad SMARTS) is 1. The fourth-order valence-electron chi connectivity index (χ4n) is 3.53. The van der Waals surface area contributed by atoms with Crippen molar-refractivity contribution >= 4 is 22.8 Å². The molecule has 0 spiro atoms. The maximum absolute atomic E-state index is 12.5. The minimum absolute atomic E-state index is 0.0746. The minimum Gasteiger partial charge on any atom is -0.480 e. The van der Waals surface area contributed by atoms with Crippen LogP contribution in [0.3, 0.4) is 0 Å². The van der Waals surface area contributed by atoms with E-state index >= 15 is 0 Å². The molecular formula is C18H22N2O3. The van der Waals surface area contributed by atoms with E-state index in [2.05, 4.69) is 24.0 Å².